The molecule has 0 unspecified atom stereocenters. The Morgan fingerprint density at radius 2 is 2.17 bits per heavy atom. The lowest BCUT2D eigenvalue weighted by Gasteiger charge is -2.05. The van der Waals surface area contributed by atoms with Crippen LogP contribution in [0.15, 0.2) is 18.2 Å². The summed E-state index contributed by atoms with van der Waals surface area (Å²) in [5, 5.41) is 3.44. The highest BCUT2D eigenvalue weighted by Crippen LogP contribution is 2.14. The minimum atomic E-state index is 0.702. The maximum absolute atomic E-state index is 4.61. The predicted molar refractivity (Wildman–Crippen MR) is 76.9 cm³/mol. The highest BCUT2D eigenvalue weighted by atomic mass is 14.9. The van der Waals surface area contributed by atoms with E-state index in [1.807, 2.05) is 0 Å². The van der Waals surface area contributed by atoms with Crippen molar-refractivity contribution in [3.8, 4) is 0 Å². The molecule has 98 valence electrons. The van der Waals surface area contributed by atoms with E-state index in [2.05, 4.69) is 54.3 Å². The van der Waals surface area contributed by atoms with Gasteiger partial charge in [0, 0.05) is 13.0 Å². The molecule has 2 aromatic rings. The number of aryl methyl sites for hydroxylation is 1. The van der Waals surface area contributed by atoms with Crippen molar-refractivity contribution in [3.63, 3.8) is 0 Å². The number of rotatable bonds is 6. The van der Waals surface area contributed by atoms with Crippen LogP contribution in [0.1, 0.15) is 32.2 Å². The van der Waals surface area contributed by atoms with Gasteiger partial charge < -0.3 is 10.3 Å². The molecule has 0 saturated heterocycles. The van der Waals surface area contributed by atoms with Crippen molar-refractivity contribution in [2.45, 2.75) is 33.6 Å². The van der Waals surface area contributed by atoms with Crippen LogP contribution in [0.25, 0.3) is 11.0 Å². The van der Waals surface area contributed by atoms with Gasteiger partial charge in [-0.3, -0.25) is 0 Å². The molecule has 1 heterocycles. The summed E-state index contributed by atoms with van der Waals surface area (Å²) in [6.07, 6.45) is 2.03. The number of hydrogen-bond acceptors (Lipinski definition) is 2. The smallest absolute Gasteiger partial charge is 0.108 e. The summed E-state index contributed by atoms with van der Waals surface area (Å²) in [5.74, 6) is 1.78. The van der Waals surface area contributed by atoms with E-state index in [0.717, 1.165) is 42.8 Å². The van der Waals surface area contributed by atoms with E-state index in [1.165, 1.54) is 5.56 Å². The Morgan fingerprint density at radius 3 is 2.89 bits per heavy atom. The van der Waals surface area contributed by atoms with Crippen LogP contribution in [0.2, 0.25) is 0 Å². The zero-order valence-corrected chi connectivity index (χ0v) is 11.6. The Balaban J connectivity index is 1.97. The van der Waals surface area contributed by atoms with Crippen LogP contribution < -0.4 is 5.32 Å². The molecule has 0 atom stereocenters. The fourth-order valence-electron chi connectivity index (χ4n) is 2.05. The molecular weight excluding hydrogens is 222 g/mol. The zero-order chi connectivity index (χ0) is 13.0. The first-order chi connectivity index (χ1) is 8.69. The first-order valence-electron chi connectivity index (χ1n) is 6.87. The first kappa shape index (κ1) is 13.1. The summed E-state index contributed by atoms with van der Waals surface area (Å²) < 4.78 is 0. The standard InChI is InChI=1S/C15H23N3/c1-4-12-5-6-13-14(9-12)18-15(17-13)7-8-16-10-11(2)3/h5-6,9,11,16H,4,7-8,10H2,1-3H3,(H,17,18). The van der Waals surface area contributed by atoms with Crippen molar-refractivity contribution in [1.82, 2.24) is 15.3 Å². The molecule has 18 heavy (non-hydrogen) atoms. The van der Waals surface area contributed by atoms with Crippen molar-refractivity contribution in [3.05, 3.63) is 29.6 Å². The normalized spacial score (nSPS) is 11.6. The molecule has 2 rings (SSSR count). The zero-order valence-electron chi connectivity index (χ0n) is 11.6. The van der Waals surface area contributed by atoms with Crippen LogP contribution >= 0.6 is 0 Å². The molecule has 0 saturated carbocycles. The second kappa shape index (κ2) is 6.01. The maximum Gasteiger partial charge on any atom is 0.108 e. The Hall–Kier alpha value is -1.35. The fourth-order valence-corrected chi connectivity index (χ4v) is 2.05. The maximum atomic E-state index is 4.61. The number of nitrogens with zero attached hydrogens (tertiary/aromatic N) is 1. The van der Waals surface area contributed by atoms with Gasteiger partial charge in [-0.05, 0) is 36.6 Å². The van der Waals surface area contributed by atoms with Gasteiger partial charge >= 0.3 is 0 Å². The number of aromatic nitrogens is 2. The van der Waals surface area contributed by atoms with Gasteiger partial charge in [-0.1, -0.05) is 26.8 Å². The number of hydrogen-bond donors (Lipinski definition) is 2. The topological polar surface area (TPSA) is 40.7 Å². The van der Waals surface area contributed by atoms with Crippen molar-refractivity contribution in [1.29, 1.82) is 0 Å². The van der Waals surface area contributed by atoms with E-state index in [1.54, 1.807) is 0 Å². The van der Waals surface area contributed by atoms with Gasteiger partial charge in [0.1, 0.15) is 5.82 Å². The lowest BCUT2D eigenvalue weighted by molar-refractivity contribution is 0.551. The molecule has 1 aromatic heterocycles. The minimum absolute atomic E-state index is 0.702. The molecule has 0 amide bonds. The van der Waals surface area contributed by atoms with Crippen LogP contribution in [0.3, 0.4) is 0 Å². The SMILES string of the molecule is CCc1ccc2nc(CCNCC(C)C)[nH]c2c1. The Bertz CT molecular complexity index is 499. The third-order valence-corrected chi connectivity index (χ3v) is 3.09. The van der Waals surface area contributed by atoms with E-state index >= 15 is 0 Å². The molecule has 0 radical (unpaired) electrons. The lowest BCUT2D eigenvalue weighted by Crippen LogP contribution is -2.22. The third-order valence-electron chi connectivity index (χ3n) is 3.09. The molecule has 3 nitrogen and oxygen atoms in total. The first-order valence-corrected chi connectivity index (χ1v) is 6.87. The van der Waals surface area contributed by atoms with E-state index in [-0.39, 0.29) is 0 Å². The Labute approximate surface area is 109 Å². The van der Waals surface area contributed by atoms with Crippen molar-refractivity contribution >= 4 is 11.0 Å². The average molecular weight is 245 g/mol. The van der Waals surface area contributed by atoms with Crippen LogP contribution in [-0.4, -0.2) is 23.1 Å². The molecule has 0 aliphatic carbocycles. The predicted octanol–water partition coefficient (Wildman–Crippen LogP) is 2.91. The number of benzene rings is 1. The fraction of sp³-hybridized carbons (Fsp3) is 0.533. The molecule has 0 aliphatic heterocycles. The number of imidazole rings is 1. The van der Waals surface area contributed by atoms with Crippen molar-refractivity contribution in [2.75, 3.05) is 13.1 Å². The number of nitrogens with one attached hydrogen (secondary N) is 2. The Morgan fingerprint density at radius 1 is 1.33 bits per heavy atom. The third kappa shape index (κ3) is 3.33. The average Bonchev–Trinajstić information content (AvgIpc) is 2.75. The summed E-state index contributed by atoms with van der Waals surface area (Å²) in [6.45, 7) is 8.67. The van der Waals surface area contributed by atoms with Gasteiger partial charge in [0.15, 0.2) is 0 Å². The molecular formula is C15H23N3. The van der Waals surface area contributed by atoms with Crippen molar-refractivity contribution in [2.24, 2.45) is 5.92 Å². The molecule has 0 fully saturated rings. The second-order valence-electron chi connectivity index (χ2n) is 5.24. The summed E-state index contributed by atoms with van der Waals surface area (Å²) in [7, 11) is 0. The van der Waals surface area contributed by atoms with Gasteiger partial charge in [0.2, 0.25) is 0 Å². The van der Waals surface area contributed by atoms with Crippen LogP contribution in [0.4, 0.5) is 0 Å². The largest absolute Gasteiger partial charge is 0.342 e. The molecule has 0 aliphatic rings. The van der Waals surface area contributed by atoms with Gasteiger partial charge in [-0.15, -0.1) is 0 Å². The summed E-state index contributed by atoms with van der Waals surface area (Å²) in [6, 6.07) is 6.47. The summed E-state index contributed by atoms with van der Waals surface area (Å²) in [4.78, 5) is 8.02. The number of aromatic amines is 1. The summed E-state index contributed by atoms with van der Waals surface area (Å²) >= 11 is 0. The second-order valence-corrected chi connectivity index (χ2v) is 5.24. The van der Waals surface area contributed by atoms with Gasteiger partial charge in [-0.2, -0.15) is 0 Å². The minimum Gasteiger partial charge on any atom is -0.342 e. The lowest BCUT2D eigenvalue weighted by atomic mass is 10.1. The van der Waals surface area contributed by atoms with E-state index in [4.69, 9.17) is 0 Å². The molecule has 3 heteroatoms. The molecule has 1 aromatic carbocycles. The molecule has 0 bridgehead atoms. The van der Waals surface area contributed by atoms with Crippen LogP contribution in [0.5, 0.6) is 0 Å². The van der Waals surface area contributed by atoms with E-state index in [0.29, 0.717) is 5.92 Å². The monoisotopic (exact) mass is 245 g/mol. The van der Waals surface area contributed by atoms with Gasteiger partial charge in [-0.25, -0.2) is 4.98 Å². The van der Waals surface area contributed by atoms with Crippen LogP contribution in [0, 0.1) is 5.92 Å². The number of fused-ring (bicyclic) bond motifs is 1. The van der Waals surface area contributed by atoms with Gasteiger partial charge in [0.05, 0.1) is 11.0 Å². The highest BCUT2D eigenvalue weighted by molar-refractivity contribution is 5.75. The number of H-pyrrole nitrogens is 1. The molecule has 2 N–H and O–H groups in total. The van der Waals surface area contributed by atoms with Crippen molar-refractivity contribution < 1.29 is 0 Å². The highest BCUT2D eigenvalue weighted by Gasteiger charge is 2.03. The van der Waals surface area contributed by atoms with Crippen LogP contribution in [-0.2, 0) is 12.8 Å². The van der Waals surface area contributed by atoms with Gasteiger partial charge in [0.25, 0.3) is 0 Å². The summed E-state index contributed by atoms with van der Waals surface area (Å²) in [5.41, 5.74) is 3.59. The quantitative estimate of drug-likeness (QED) is 0.768. The molecule has 0 spiro atoms. The Kier molecular flexibility index (Phi) is 4.37. The van der Waals surface area contributed by atoms with E-state index < -0.39 is 0 Å². The van der Waals surface area contributed by atoms with E-state index in [9.17, 15) is 0 Å².